The van der Waals surface area contributed by atoms with Gasteiger partial charge in [0.1, 0.15) is 18.7 Å². The van der Waals surface area contributed by atoms with Crippen molar-refractivity contribution in [3.05, 3.63) is 65.4 Å². The van der Waals surface area contributed by atoms with Gasteiger partial charge in [0.25, 0.3) is 0 Å². The van der Waals surface area contributed by atoms with Gasteiger partial charge in [0, 0.05) is 60.9 Å². The number of likely N-dealkylation sites (N-methyl/N-ethyl adjacent to an activating group) is 1. The molecule has 248 valence electrons. The quantitative estimate of drug-likeness (QED) is 0.180. The molecule has 2 saturated heterocycles. The second-order valence-electron chi connectivity index (χ2n) is 12.8. The molecule has 2 aliphatic rings. The number of rotatable bonds is 9. The van der Waals surface area contributed by atoms with Gasteiger partial charge in [-0.1, -0.05) is 30.9 Å². The van der Waals surface area contributed by atoms with Crippen LogP contribution in [0.1, 0.15) is 24.8 Å². The maximum absolute atomic E-state index is 13.5. The number of para-hydroxylation sites is 1. The molecule has 0 atom stereocenters. The molecule has 2 N–H and O–H groups in total. The van der Waals surface area contributed by atoms with Crippen LogP contribution in [-0.2, 0) is 4.57 Å². The van der Waals surface area contributed by atoms with Crippen molar-refractivity contribution in [2.24, 2.45) is 0 Å². The first-order valence-electron chi connectivity index (χ1n) is 16.2. The molecule has 47 heavy (non-hydrogen) atoms. The molecule has 2 aromatic heterocycles. The van der Waals surface area contributed by atoms with Crippen molar-refractivity contribution in [1.82, 2.24) is 24.8 Å². The van der Waals surface area contributed by atoms with Gasteiger partial charge in [-0.3, -0.25) is 9.88 Å². The summed E-state index contributed by atoms with van der Waals surface area (Å²) in [5, 5.41) is 8.32. The first-order chi connectivity index (χ1) is 22.6. The Morgan fingerprint density at radius 2 is 1.79 bits per heavy atom. The van der Waals surface area contributed by atoms with Crippen molar-refractivity contribution in [3.8, 4) is 5.75 Å². The van der Waals surface area contributed by atoms with Crippen LogP contribution < -0.4 is 25.6 Å². The SMILES string of the molecule is C=Cc1cc(Nc2ncc(Br)c(Nc3cnc4ccccc4c3P(C)(C)=O)n2)c(OC)cc1N1CCC(N2CCCN(C)CC2)CC1. The molecule has 0 aliphatic carbocycles. The lowest BCUT2D eigenvalue weighted by Crippen LogP contribution is -2.46. The molecule has 10 nitrogen and oxygen atoms in total. The van der Waals surface area contributed by atoms with E-state index in [0.29, 0.717) is 33.7 Å². The van der Waals surface area contributed by atoms with E-state index in [1.165, 1.54) is 19.5 Å². The topological polar surface area (TPSA) is 98.7 Å². The van der Waals surface area contributed by atoms with Crippen LogP contribution >= 0.6 is 23.1 Å². The second kappa shape index (κ2) is 14.3. The second-order valence-corrected chi connectivity index (χ2v) is 16.8. The summed E-state index contributed by atoms with van der Waals surface area (Å²) in [7, 11) is 1.22. The van der Waals surface area contributed by atoms with Crippen LogP contribution in [0.4, 0.5) is 28.8 Å². The van der Waals surface area contributed by atoms with Crippen molar-refractivity contribution in [2.45, 2.75) is 25.3 Å². The molecule has 0 spiro atoms. The minimum absolute atomic E-state index is 0.382. The maximum Gasteiger partial charge on any atom is 0.229 e. The summed E-state index contributed by atoms with van der Waals surface area (Å²) >= 11 is 3.59. The zero-order valence-electron chi connectivity index (χ0n) is 27.7. The standard InChI is InChI=1S/C35H44BrN8O2P/c1-6-24-20-29(32(46-3)21-31(24)44-16-12-25(13-17-44)43-15-9-14-42(2)18-19-43)40-35-38-22-27(36)34(41-35)39-30-23-37-28-11-8-7-10-26(28)33(30)47(4,5)45/h6-8,10-11,20-23,25H,1,9,12-19H2,2-5H3,(H2,38,39,40,41). The van der Waals surface area contributed by atoms with Crippen LogP contribution in [0.2, 0.25) is 0 Å². The van der Waals surface area contributed by atoms with Gasteiger partial charge < -0.3 is 29.7 Å². The molecule has 6 rings (SSSR count). The third-order valence-electron chi connectivity index (χ3n) is 9.17. The Morgan fingerprint density at radius 1 is 1.00 bits per heavy atom. The Labute approximate surface area is 286 Å². The first kappa shape index (κ1) is 33.4. The van der Waals surface area contributed by atoms with E-state index in [1.807, 2.05) is 36.4 Å². The maximum atomic E-state index is 13.5. The lowest BCUT2D eigenvalue weighted by atomic mass is 10.0. The number of fused-ring (bicyclic) bond motifs is 1. The summed E-state index contributed by atoms with van der Waals surface area (Å²) in [6.07, 6.45) is 8.83. The Morgan fingerprint density at radius 3 is 2.53 bits per heavy atom. The number of hydrogen-bond donors (Lipinski definition) is 2. The molecule has 4 aromatic rings. The van der Waals surface area contributed by atoms with Gasteiger partial charge in [-0.2, -0.15) is 4.98 Å². The smallest absolute Gasteiger partial charge is 0.229 e. The Balaban J connectivity index is 1.22. The number of halogens is 1. The zero-order valence-corrected chi connectivity index (χ0v) is 30.1. The lowest BCUT2D eigenvalue weighted by Gasteiger charge is -2.39. The fourth-order valence-corrected chi connectivity index (χ4v) is 8.51. The highest BCUT2D eigenvalue weighted by Crippen LogP contribution is 2.42. The largest absolute Gasteiger partial charge is 0.494 e. The molecule has 0 unspecified atom stereocenters. The highest BCUT2D eigenvalue weighted by atomic mass is 79.9. The van der Waals surface area contributed by atoms with E-state index < -0.39 is 7.14 Å². The summed E-state index contributed by atoms with van der Waals surface area (Å²) < 4.78 is 20.0. The predicted octanol–water partition coefficient (Wildman–Crippen LogP) is 6.78. The number of piperidine rings is 1. The van der Waals surface area contributed by atoms with Gasteiger partial charge in [-0.25, -0.2) is 4.98 Å². The van der Waals surface area contributed by atoms with E-state index in [2.05, 4.69) is 70.9 Å². The summed E-state index contributed by atoms with van der Waals surface area (Å²) in [5.41, 5.74) is 4.32. The van der Waals surface area contributed by atoms with E-state index in [9.17, 15) is 4.57 Å². The molecule has 2 aliphatic heterocycles. The van der Waals surface area contributed by atoms with E-state index in [4.69, 9.17) is 9.72 Å². The summed E-state index contributed by atoms with van der Waals surface area (Å²) in [6.45, 7) is 14.3. The van der Waals surface area contributed by atoms with E-state index in [-0.39, 0.29) is 0 Å². The molecule has 2 fully saturated rings. The van der Waals surface area contributed by atoms with Crippen molar-refractivity contribution in [3.63, 3.8) is 0 Å². The van der Waals surface area contributed by atoms with Crippen LogP contribution in [0.15, 0.2) is 59.8 Å². The third kappa shape index (κ3) is 7.49. The van der Waals surface area contributed by atoms with Crippen molar-refractivity contribution in [2.75, 3.05) is 82.3 Å². The highest BCUT2D eigenvalue weighted by molar-refractivity contribution is 9.10. The zero-order chi connectivity index (χ0) is 33.1. The van der Waals surface area contributed by atoms with E-state index in [1.54, 1.807) is 32.8 Å². The Hall–Kier alpha value is -3.50. The molecule has 4 heterocycles. The number of hydrogen-bond acceptors (Lipinski definition) is 10. The third-order valence-corrected chi connectivity index (χ3v) is 11.3. The van der Waals surface area contributed by atoms with Gasteiger partial charge in [0.15, 0.2) is 0 Å². The molecule has 0 radical (unpaired) electrons. The van der Waals surface area contributed by atoms with Crippen LogP contribution in [0.25, 0.3) is 17.0 Å². The average molecular weight is 720 g/mol. The number of ether oxygens (including phenoxy) is 1. The summed E-state index contributed by atoms with van der Waals surface area (Å²) in [5.74, 6) is 1.60. The van der Waals surface area contributed by atoms with Crippen molar-refractivity contribution >= 4 is 74.2 Å². The normalized spacial score (nSPS) is 17.0. The molecule has 0 bridgehead atoms. The molecular weight excluding hydrogens is 675 g/mol. The molecular formula is C35H44BrN8O2P. The number of methoxy groups -OCH3 is 1. The van der Waals surface area contributed by atoms with Crippen LogP contribution in [-0.4, -0.2) is 97.5 Å². The van der Waals surface area contributed by atoms with Gasteiger partial charge in [0.05, 0.1) is 34.7 Å². The van der Waals surface area contributed by atoms with Crippen LogP contribution in [0, 0.1) is 0 Å². The fraction of sp³-hybridized carbons (Fsp3) is 0.400. The average Bonchev–Trinajstić information content (AvgIpc) is 3.29. The molecule has 0 amide bonds. The Bertz CT molecular complexity index is 1810. The van der Waals surface area contributed by atoms with Crippen LogP contribution in [0.5, 0.6) is 5.75 Å². The summed E-state index contributed by atoms with van der Waals surface area (Å²) in [4.78, 5) is 21.5. The van der Waals surface area contributed by atoms with E-state index >= 15 is 0 Å². The van der Waals surface area contributed by atoms with Gasteiger partial charge >= 0.3 is 0 Å². The van der Waals surface area contributed by atoms with Gasteiger partial charge in [-0.15, -0.1) is 0 Å². The monoisotopic (exact) mass is 718 g/mol. The number of benzene rings is 2. The van der Waals surface area contributed by atoms with Crippen LogP contribution in [0.3, 0.4) is 0 Å². The fourth-order valence-electron chi connectivity index (χ4n) is 6.75. The lowest BCUT2D eigenvalue weighted by molar-refractivity contribution is 0.174. The first-order valence-corrected chi connectivity index (χ1v) is 19.6. The van der Waals surface area contributed by atoms with E-state index in [0.717, 1.165) is 72.2 Å². The van der Waals surface area contributed by atoms with Crippen molar-refractivity contribution in [1.29, 1.82) is 0 Å². The minimum atomic E-state index is -2.68. The molecule has 2 aromatic carbocycles. The minimum Gasteiger partial charge on any atom is -0.494 e. The molecule has 0 saturated carbocycles. The summed E-state index contributed by atoms with van der Waals surface area (Å²) in [6, 6.07) is 12.5. The van der Waals surface area contributed by atoms with Crippen molar-refractivity contribution < 1.29 is 9.30 Å². The number of aromatic nitrogens is 3. The predicted molar refractivity (Wildman–Crippen MR) is 199 cm³/mol. The number of pyridine rings is 1. The molecule has 12 heteroatoms. The Kier molecular flexibility index (Phi) is 10.2. The number of nitrogens with one attached hydrogen (secondary N) is 2. The highest BCUT2D eigenvalue weighted by Gasteiger charge is 2.27. The van der Waals surface area contributed by atoms with Gasteiger partial charge in [0.2, 0.25) is 5.95 Å². The van der Waals surface area contributed by atoms with Gasteiger partial charge in [-0.05, 0) is 86.4 Å². The number of anilines is 5. The number of nitrogens with zero attached hydrogens (tertiary/aromatic N) is 6.